The van der Waals surface area contributed by atoms with Crippen molar-refractivity contribution in [1.82, 2.24) is 4.98 Å². The molecule has 2 fully saturated rings. The largest absolute Gasteiger partial charge is 0.470 e. The lowest BCUT2D eigenvalue weighted by molar-refractivity contribution is 0.121. The fourth-order valence-electron chi connectivity index (χ4n) is 5.59. The number of ether oxygens (including phenoxy) is 1. The number of thiazole rings is 1. The van der Waals surface area contributed by atoms with Gasteiger partial charge >= 0.3 is 0 Å². The van der Waals surface area contributed by atoms with E-state index in [0.29, 0.717) is 11.1 Å². The van der Waals surface area contributed by atoms with Crippen LogP contribution in [0, 0.1) is 29.5 Å². The molecule has 0 atom stereocenters. The molecular formula is C25H36FNOS. The van der Waals surface area contributed by atoms with Crippen LogP contribution in [0.25, 0.3) is 10.2 Å². The van der Waals surface area contributed by atoms with Gasteiger partial charge in [0, 0.05) is 0 Å². The summed E-state index contributed by atoms with van der Waals surface area (Å²) in [5.41, 5.74) is 0.834. The molecule has 2 aliphatic rings. The van der Waals surface area contributed by atoms with Crippen molar-refractivity contribution in [3.8, 4) is 5.19 Å². The second-order valence-corrected chi connectivity index (χ2v) is 10.5. The topological polar surface area (TPSA) is 22.1 Å². The van der Waals surface area contributed by atoms with E-state index in [1.165, 1.54) is 94.5 Å². The van der Waals surface area contributed by atoms with E-state index in [1.54, 1.807) is 12.1 Å². The average Bonchev–Trinajstić information content (AvgIpc) is 3.15. The lowest BCUT2D eigenvalue weighted by Crippen LogP contribution is -2.27. The van der Waals surface area contributed by atoms with E-state index >= 15 is 0 Å². The summed E-state index contributed by atoms with van der Waals surface area (Å²) >= 11 is 1.46. The zero-order valence-corrected chi connectivity index (χ0v) is 18.7. The summed E-state index contributed by atoms with van der Waals surface area (Å²) in [7, 11) is 0. The molecule has 1 aromatic heterocycles. The highest BCUT2D eigenvalue weighted by Gasteiger charge is 2.31. The maximum absolute atomic E-state index is 13.3. The fourth-order valence-corrected chi connectivity index (χ4v) is 6.43. The molecule has 4 heteroatoms. The molecular weight excluding hydrogens is 381 g/mol. The molecule has 0 saturated heterocycles. The molecule has 29 heavy (non-hydrogen) atoms. The van der Waals surface area contributed by atoms with E-state index in [-0.39, 0.29) is 5.82 Å². The first-order valence-electron chi connectivity index (χ1n) is 11.9. The monoisotopic (exact) mass is 417 g/mol. The van der Waals surface area contributed by atoms with Crippen LogP contribution in [0.3, 0.4) is 0 Å². The molecule has 1 heterocycles. The summed E-state index contributed by atoms with van der Waals surface area (Å²) in [6, 6.07) is 4.74. The van der Waals surface area contributed by atoms with Crippen molar-refractivity contribution in [2.75, 3.05) is 6.61 Å². The minimum atomic E-state index is -0.207. The van der Waals surface area contributed by atoms with Gasteiger partial charge in [-0.3, -0.25) is 0 Å². The van der Waals surface area contributed by atoms with Crippen LogP contribution in [0.1, 0.15) is 84.0 Å². The van der Waals surface area contributed by atoms with Gasteiger partial charge in [0.2, 0.25) is 0 Å². The molecule has 0 N–H and O–H groups in total. The van der Waals surface area contributed by atoms with Gasteiger partial charge in [0.1, 0.15) is 5.82 Å². The first-order chi connectivity index (χ1) is 14.2. The third kappa shape index (κ3) is 5.71. The highest BCUT2D eigenvalue weighted by Crippen LogP contribution is 2.42. The average molecular weight is 418 g/mol. The quantitative estimate of drug-likeness (QED) is 0.406. The molecule has 4 rings (SSSR count). The van der Waals surface area contributed by atoms with Gasteiger partial charge in [0.25, 0.3) is 5.19 Å². The highest BCUT2D eigenvalue weighted by molar-refractivity contribution is 7.20. The van der Waals surface area contributed by atoms with Crippen LogP contribution in [0.5, 0.6) is 5.19 Å². The smallest absolute Gasteiger partial charge is 0.274 e. The van der Waals surface area contributed by atoms with Gasteiger partial charge in [0.15, 0.2) is 0 Å². The summed E-state index contributed by atoms with van der Waals surface area (Å²) in [5.74, 6) is 3.40. The summed E-state index contributed by atoms with van der Waals surface area (Å²) < 4.78 is 20.2. The van der Waals surface area contributed by atoms with Crippen molar-refractivity contribution >= 4 is 21.6 Å². The minimum absolute atomic E-state index is 0.207. The van der Waals surface area contributed by atoms with Crippen molar-refractivity contribution in [2.45, 2.75) is 84.0 Å². The van der Waals surface area contributed by atoms with Crippen LogP contribution in [0.15, 0.2) is 18.2 Å². The number of benzene rings is 1. The van der Waals surface area contributed by atoms with Gasteiger partial charge in [0.05, 0.1) is 16.8 Å². The van der Waals surface area contributed by atoms with Crippen LogP contribution < -0.4 is 4.74 Å². The SMILES string of the molecule is CCCCCC1CCC(C2CCC(COc3nc4ccc(F)cc4s3)CC2)CC1. The first-order valence-corrected chi connectivity index (χ1v) is 12.7. The number of nitrogens with zero attached hydrogens (tertiary/aromatic N) is 1. The van der Waals surface area contributed by atoms with Crippen molar-refractivity contribution < 1.29 is 9.13 Å². The lowest BCUT2D eigenvalue weighted by Gasteiger charge is -2.37. The number of hydrogen-bond donors (Lipinski definition) is 0. The lowest BCUT2D eigenvalue weighted by atomic mass is 9.69. The maximum Gasteiger partial charge on any atom is 0.274 e. The van der Waals surface area contributed by atoms with Crippen molar-refractivity contribution in [3.63, 3.8) is 0 Å². The number of halogens is 1. The van der Waals surface area contributed by atoms with Gasteiger partial charge in [-0.25, -0.2) is 9.37 Å². The molecule has 0 radical (unpaired) electrons. The van der Waals surface area contributed by atoms with Gasteiger partial charge in [-0.15, -0.1) is 0 Å². The summed E-state index contributed by atoms with van der Waals surface area (Å²) in [5, 5.41) is 0.689. The number of hydrogen-bond acceptors (Lipinski definition) is 3. The summed E-state index contributed by atoms with van der Waals surface area (Å²) in [6.07, 6.45) is 16.9. The Labute approximate surface area is 179 Å². The zero-order valence-electron chi connectivity index (χ0n) is 17.9. The maximum atomic E-state index is 13.3. The van der Waals surface area contributed by atoms with Crippen LogP contribution in [0.4, 0.5) is 4.39 Å². The van der Waals surface area contributed by atoms with E-state index in [9.17, 15) is 4.39 Å². The Bertz CT molecular complexity index is 759. The Kier molecular flexibility index (Phi) is 7.44. The molecule has 0 unspecified atom stereocenters. The molecule has 0 bridgehead atoms. The van der Waals surface area contributed by atoms with Gasteiger partial charge < -0.3 is 4.74 Å². The van der Waals surface area contributed by atoms with Crippen molar-refractivity contribution in [3.05, 3.63) is 24.0 Å². The van der Waals surface area contributed by atoms with Crippen molar-refractivity contribution in [2.24, 2.45) is 23.7 Å². The Balaban J connectivity index is 1.17. The molecule has 2 saturated carbocycles. The number of rotatable bonds is 8. The standard InChI is InChI=1S/C25H36FNOS/c1-2-3-4-5-18-6-10-20(11-7-18)21-12-8-19(9-13-21)17-28-25-27-23-15-14-22(26)16-24(23)29-25/h14-16,18-21H,2-13,17H2,1H3. The predicted octanol–water partition coefficient (Wildman–Crippen LogP) is 8.01. The molecule has 2 aliphatic carbocycles. The summed E-state index contributed by atoms with van der Waals surface area (Å²) in [4.78, 5) is 4.49. The van der Waals surface area contributed by atoms with E-state index < -0.39 is 0 Å². The second kappa shape index (κ2) is 10.2. The van der Waals surface area contributed by atoms with Gasteiger partial charge in [-0.1, -0.05) is 56.8 Å². The molecule has 2 nitrogen and oxygen atoms in total. The minimum Gasteiger partial charge on any atom is -0.470 e. The highest BCUT2D eigenvalue weighted by atomic mass is 32.1. The molecule has 0 amide bonds. The first kappa shape index (κ1) is 21.1. The number of unbranched alkanes of at least 4 members (excludes halogenated alkanes) is 2. The molecule has 2 aromatic rings. The number of fused-ring (bicyclic) bond motifs is 1. The molecule has 0 spiro atoms. The predicted molar refractivity (Wildman–Crippen MR) is 120 cm³/mol. The van der Waals surface area contributed by atoms with Crippen LogP contribution in [-0.4, -0.2) is 11.6 Å². The van der Waals surface area contributed by atoms with E-state index in [0.717, 1.165) is 34.6 Å². The van der Waals surface area contributed by atoms with Crippen LogP contribution in [0.2, 0.25) is 0 Å². The number of aromatic nitrogens is 1. The Morgan fingerprint density at radius 3 is 2.34 bits per heavy atom. The van der Waals surface area contributed by atoms with E-state index in [1.807, 2.05) is 0 Å². The van der Waals surface area contributed by atoms with Crippen LogP contribution in [-0.2, 0) is 0 Å². The second-order valence-electron chi connectivity index (χ2n) is 9.46. The Morgan fingerprint density at radius 1 is 0.966 bits per heavy atom. The molecule has 0 aliphatic heterocycles. The zero-order chi connectivity index (χ0) is 20.1. The van der Waals surface area contributed by atoms with E-state index in [4.69, 9.17) is 4.74 Å². The van der Waals surface area contributed by atoms with Gasteiger partial charge in [-0.05, 0) is 80.4 Å². The normalized spacial score (nSPS) is 27.9. The van der Waals surface area contributed by atoms with Crippen molar-refractivity contribution in [1.29, 1.82) is 0 Å². The van der Waals surface area contributed by atoms with E-state index in [2.05, 4.69) is 11.9 Å². The fraction of sp³-hybridized carbons (Fsp3) is 0.720. The molecule has 160 valence electrons. The van der Waals surface area contributed by atoms with Crippen LogP contribution >= 0.6 is 11.3 Å². The Hall–Kier alpha value is -1.16. The third-order valence-corrected chi connectivity index (χ3v) is 8.37. The third-order valence-electron chi connectivity index (χ3n) is 7.44. The molecule has 1 aromatic carbocycles. The van der Waals surface area contributed by atoms with Gasteiger partial charge in [-0.2, -0.15) is 0 Å². The Morgan fingerprint density at radius 2 is 1.66 bits per heavy atom. The summed E-state index contributed by atoms with van der Waals surface area (Å²) in [6.45, 7) is 3.07.